The first kappa shape index (κ1) is 10.9. The Morgan fingerprint density at radius 3 is 2.57 bits per heavy atom. The minimum absolute atomic E-state index is 0.0321. The van der Waals surface area contributed by atoms with Crippen molar-refractivity contribution in [2.45, 2.75) is 12.8 Å². The zero-order chi connectivity index (χ0) is 10.6. The fourth-order valence-corrected chi connectivity index (χ4v) is 1.24. The van der Waals surface area contributed by atoms with E-state index in [0.717, 1.165) is 6.92 Å². The standard InChI is InChI=1S/C11H13F2N/c1-11(12,13)10-7-3-2-5-9(10)6-4-8-14/h2-7H,8,14H2,1H3/b6-4+. The Morgan fingerprint density at radius 1 is 1.36 bits per heavy atom. The van der Waals surface area contributed by atoms with E-state index < -0.39 is 5.92 Å². The van der Waals surface area contributed by atoms with Gasteiger partial charge in [0, 0.05) is 19.0 Å². The Morgan fingerprint density at radius 2 is 2.00 bits per heavy atom. The van der Waals surface area contributed by atoms with E-state index in [9.17, 15) is 8.78 Å². The van der Waals surface area contributed by atoms with Crippen LogP contribution in [0.15, 0.2) is 30.3 Å². The summed E-state index contributed by atoms with van der Waals surface area (Å²) in [6, 6.07) is 6.41. The lowest BCUT2D eigenvalue weighted by atomic mass is 10.0. The van der Waals surface area contributed by atoms with Gasteiger partial charge in [-0.05, 0) is 5.56 Å². The largest absolute Gasteiger partial charge is 0.327 e. The Labute approximate surface area is 82.2 Å². The summed E-state index contributed by atoms with van der Waals surface area (Å²) in [5.41, 5.74) is 5.81. The summed E-state index contributed by atoms with van der Waals surface area (Å²) in [5.74, 6) is -2.81. The number of nitrogens with two attached hydrogens (primary N) is 1. The van der Waals surface area contributed by atoms with E-state index in [2.05, 4.69) is 0 Å². The van der Waals surface area contributed by atoms with Gasteiger partial charge in [-0.3, -0.25) is 0 Å². The zero-order valence-corrected chi connectivity index (χ0v) is 8.00. The monoisotopic (exact) mass is 197 g/mol. The molecule has 1 aromatic carbocycles. The van der Waals surface area contributed by atoms with Gasteiger partial charge in [0.05, 0.1) is 0 Å². The van der Waals surface area contributed by atoms with E-state index in [1.54, 1.807) is 30.4 Å². The van der Waals surface area contributed by atoms with Crippen LogP contribution in [0.5, 0.6) is 0 Å². The van der Waals surface area contributed by atoms with E-state index >= 15 is 0 Å². The van der Waals surface area contributed by atoms with Crippen molar-refractivity contribution in [3.05, 3.63) is 41.5 Å². The molecule has 1 nitrogen and oxygen atoms in total. The zero-order valence-electron chi connectivity index (χ0n) is 8.00. The molecule has 0 atom stereocenters. The highest BCUT2D eigenvalue weighted by Crippen LogP contribution is 2.30. The summed E-state index contributed by atoms with van der Waals surface area (Å²) in [6.07, 6.45) is 3.28. The van der Waals surface area contributed by atoms with Crippen LogP contribution in [-0.4, -0.2) is 6.54 Å². The number of halogens is 2. The number of alkyl halides is 2. The van der Waals surface area contributed by atoms with Crippen molar-refractivity contribution in [3.8, 4) is 0 Å². The van der Waals surface area contributed by atoms with Gasteiger partial charge in [0.1, 0.15) is 0 Å². The van der Waals surface area contributed by atoms with Crippen LogP contribution in [0.3, 0.4) is 0 Å². The lowest BCUT2D eigenvalue weighted by Crippen LogP contribution is -2.08. The molecule has 0 amide bonds. The second kappa shape index (κ2) is 4.33. The molecule has 14 heavy (non-hydrogen) atoms. The van der Waals surface area contributed by atoms with Gasteiger partial charge in [0.2, 0.25) is 0 Å². The van der Waals surface area contributed by atoms with Gasteiger partial charge in [-0.2, -0.15) is 0 Å². The molecule has 3 heteroatoms. The third-order valence-electron chi connectivity index (χ3n) is 1.87. The van der Waals surface area contributed by atoms with Crippen LogP contribution in [0.1, 0.15) is 18.1 Å². The van der Waals surface area contributed by atoms with Crippen molar-refractivity contribution in [3.63, 3.8) is 0 Å². The molecule has 0 spiro atoms. The second-order valence-corrected chi connectivity index (χ2v) is 3.11. The predicted molar refractivity (Wildman–Crippen MR) is 54.1 cm³/mol. The van der Waals surface area contributed by atoms with Gasteiger partial charge in [0.15, 0.2) is 0 Å². The van der Waals surface area contributed by atoms with Crippen molar-refractivity contribution in [1.82, 2.24) is 0 Å². The molecule has 0 aromatic heterocycles. The molecule has 0 saturated heterocycles. The number of hydrogen-bond donors (Lipinski definition) is 1. The van der Waals surface area contributed by atoms with Gasteiger partial charge in [-0.25, -0.2) is 8.78 Å². The van der Waals surface area contributed by atoms with Crippen molar-refractivity contribution in [1.29, 1.82) is 0 Å². The van der Waals surface area contributed by atoms with Crippen molar-refractivity contribution < 1.29 is 8.78 Å². The Hall–Kier alpha value is -1.22. The van der Waals surface area contributed by atoms with E-state index in [1.807, 2.05) is 0 Å². The highest BCUT2D eigenvalue weighted by molar-refractivity contribution is 5.55. The highest BCUT2D eigenvalue weighted by atomic mass is 19.3. The molecular formula is C11H13F2N. The Bertz CT molecular complexity index is 326. The van der Waals surface area contributed by atoms with Crippen molar-refractivity contribution in [2.75, 3.05) is 6.54 Å². The minimum atomic E-state index is -2.81. The molecule has 2 N–H and O–H groups in total. The van der Waals surface area contributed by atoms with Crippen molar-refractivity contribution >= 4 is 6.08 Å². The molecule has 0 bridgehead atoms. The molecule has 0 aliphatic rings. The minimum Gasteiger partial charge on any atom is -0.327 e. The first-order valence-corrected chi connectivity index (χ1v) is 4.39. The first-order chi connectivity index (χ1) is 6.55. The van der Waals surface area contributed by atoms with Crippen LogP contribution >= 0.6 is 0 Å². The van der Waals surface area contributed by atoms with Crippen LogP contribution in [-0.2, 0) is 5.92 Å². The molecule has 1 aromatic rings. The third kappa shape index (κ3) is 2.64. The molecule has 0 fully saturated rings. The molecule has 0 saturated carbocycles. The van der Waals surface area contributed by atoms with Gasteiger partial charge in [-0.15, -0.1) is 0 Å². The lowest BCUT2D eigenvalue weighted by Gasteiger charge is -2.13. The number of hydrogen-bond acceptors (Lipinski definition) is 1. The molecule has 0 unspecified atom stereocenters. The highest BCUT2D eigenvalue weighted by Gasteiger charge is 2.25. The summed E-state index contributed by atoms with van der Waals surface area (Å²) >= 11 is 0. The Kier molecular flexibility index (Phi) is 3.36. The predicted octanol–water partition coefficient (Wildman–Crippen LogP) is 2.77. The molecular weight excluding hydrogens is 184 g/mol. The van der Waals surface area contributed by atoms with Gasteiger partial charge >= 0.3 is 0 Å². The van der Waals surface area contributed by atoms with Crippen LogP contribution in [0.2, 0.25) is 0 Å². The second-order valence-electron chi connectivity index (χ2n) is 3.11. The third-order valence-corrected chi connectivity index (χ3v) is 1.87. The van der Waals surface area contributed by atoms with Crippen LogP contribution in [0.25, 0.3) is 6.08 Å². The quantitative estimate of drug-likeness (QED) is 0.792. The normalized spacial score (nSPS) is 12.3. The van der Waals surface area contributed by atoms with E-state index in [-0.39, 0.29) is 5.56 Å². The number of rotatable bonds is 3. The molecule has 1 rings (SSSR count). The molecule has 0 aliphatic heterocycles. The maximum absolute atomic E-state index is 13.1. The molecule has 0 heterocycles. The average Bonchev–Trinajstić information content (AvgIpc) is 2.14. The summed E-state index contributed by atoms with van der Waals surface area (Å²) in [5, 5.41) is 0. The van der Waals surface area contributed by atoms with Gasteiger partial charge in [0.25, 0.3) is 5.92 Å². The van der Waals surface area contributed by atoms with Crippen LogP contribution in [0.4, 0.5) is 8.78 Å². The fraction of sp³-hybridized carbons (Fsp3) is 0.273. The maximum atomic E-state index is 13.1. The number of benzene rings is 1. The SMILES string of the molecule is CC(F)(F)c1ccccc1/C=C/CN. The van der Waals surface area contributed by atoms with Crippen molar-refractivity contribution in [2.24, 2.45) is 5.73 Å². The Balaban J connectivity index is 3.10. The molecule has 0 aliphatic carbocycles. The summed E-state index contributed by atoms with van der Waals surface area (Å²) in [4.78, 5) is 0. The molecule has 0 radical (unpaired) electrons. The van der Waals surface area contributed by atoms with Gasteiger partial charge < -0.3 is 5.73 Å². The molecule has 76 valence electrons. The topological polar surface area (TPSA) is 26.0 Å². The average molecular weight is 197 g/mol. The van der Waals surface area contributed by atoms with E-state index in [4.69, 9.17) is 5.73 Å². The maximum Gasteiger partial charge on any atom is 0.271 e. The lowest BCUT2D eigenvalue weighted by molar-refractivity contribution is 0.0173. The summed E-state index contributed by atoms with van der Waals surface area (Å²) < 4.78 is 26.2. The van der Waals surface area contributed by atoms with E-state index in [1.165, 1.54) is 6.07 Å². The van der Waals surface area contributed by atoms with Crippen LogP contribution in [0, 0.1) is 0 Å². The first-order valence-electron chi connectivity index (χ1n) is 4.39. The smallest absolute Gasteiger partial charge is 0.271 e. The van der Waals surface area contributed by atoms with Crippen LogP contribution < -0.4 is 5.73 Å². The fourth-order valence-electron chi connectivity index (χ4n) is 1.24. The van der Waals surface area contributed by atoms with E-state index in [0.29, 0.717) is 12.1 Å². The summed E-state index contributed by atoms with van der Waals surface area (Å²) in [7, 11) is 0. The van der Waals surface area contributed by atoms with Gasteiger partial charge in [-0.1, -0.05) is 36.4 Å². The summed E-state index contributed by atoms with van der Waals surface area (Å²) in [6.45, 7) is 1.24.